The van der Waals surface area contributed by atoms with E-state index in [1.807, 2.05) is 20.8 Å². The highest BCUT2D eigenvalue weighted by atomic mass is 16.6. The zero-order chi connectivity index (χ0) is 14.6. The second kappa shape index (κ2) is 6.07. The Morgan fingerprint density at radius 2 is 2.25 bits per heavy atom. The molecule has 1 aromatic heterocycles. The number of piperidine rings is 1. The number of carbonyl (C=O) groups excluding carboxylic acids is 1. The molecule has 6 heteroatoms. The average molecular weight is 278 g/mol. The molecule has 1 aliphatic heterocycles. The molecular formula is C14H22N4O2. The molecule has 1 aromatic rings. The first kappa shape index (κ1) is 14.6. The van der Waals surface area contributed by atoms with Crippen LogP contribution in [0.25, 0.3) is 0 Å². The number of anilines is 1. The van der Waals surface area contributed by atoms with Crippen molar-refractivity contribution in [3.8, 4) is 0 Å². The summed E-state index contributed by atoms with van der Waals surface area (Å²) >= 11 is 0. The maximum atomic E-state index is 12.1. The monoisotopic (exact) mass is 278 g/mol. The van der Waals surface area contributed by atoms with Gasteiger partial charge < -0.3 is 15.0 Å². The van der Waals surface area contributed by atoms with Crippen molar-refractivity contribution >= 4 is 11.9 Å². The van der Waals surface area contributed by atoms with Crippen LogP contribution in [0, 0.1) is 0 Å². The van der Waals surface area contributed by atoms with Crippen LogP contribution in [0.3, 0.4) is 0 Å². The summed E-state index contributed by atoms with van der Waals surface area (Å²) in [6.45, 7) is 7.01. The molecule has 110 valence electrons. The Balaban J connectivity index is 1.90. The van der Waals surface area contributed by atoms with Crippen molar-refractivity contribution in [1.29, 1.82) is 0 Å². The van der Waals surface area contributed by atoms with Crippen LogP contribution in [0.15, 0.2) is 18.6 Å². The van der Waals surface area contributed by atoms with E-state index < -0.39 is 5.60 Å². The minimum absolute atomic E-state index is 0.188. The predicted molar refractivity (Wildman–Crippen MR) is 76.5 cm³/mol. The maximum absolute atomic E-state index is 12.1. The third kappa shape index (κ3) is 4.36. The molecule has 0 spiro atoms. The number of hydrogen-bond acceptors (Lipinski definition) is 5. The zero-order valence-electron chi connectivity index (χ0n) is 12.3. The van der Waals surface area contributed by atoms with Gasteiger partial charge in [0.15, 0.2) is 0 Å². The number of rotatable bonds is 2. The molecule has 1 unspecified atom stereocenters. The second-order valence-corrected chi connectivity index (χ2v) is 6.00. The van der Waals surface area contributed by atoms with Gasteiger partial charge in [-0.2, -0.15) is 0 Å². The summed E-state index contributed by atoms with van der Waals surface area (Å²) in [5.74, 6) is 0.739. The Morgan fingerprint density at radius 3 is 2.90 bits per heavy atom. The second-order valence-electron chi connectivity index (χ2n) is 6.00. The van der Waals surface area contributed by atoms with Gasteiger partial charge in [-0.1, -0.05) is 0 Å². The molecule has 20 heavy (non-hydrogen) atoms. The van der Waals surface area contributed by atoms with E-state index in [2.05, 4.69) is 15.3 Å². The molecule has 0 saturated carbocycles. The van der Waals surface area contributed by atoms with Crippen LogP contribution >= 0.6 is 0 Å². The summed E-state index contributed by atoms with van der Waals surface area (Å²) in [7, 11) is 0. The summed E-state index contributed by atoms with van der Waals surface area (Å²) in [4.78, 5) is 22.0. The van der Waals surface area contributed by atoms with Gasteiger partial charge in [0.25, 0.3) is 0 Å². The molecule has 2 heterocycles. The molecule has 6 nitrogen and oxygen atoms in total. The van der Waals surface area contributed by atoms with Crippen LogP contribution < -0.4 is 5.32 Å². The molecule has 0 radical (unpaired) electrons. The van der Waals surface area contributed by atoms with Crippen molar-refractivity contribution < 1.29 is 9.53 Å². The van der Waals surface area contributed by atoms with Crippen LogP contribution in [-0.2, 0) is 4.74 Å². The third-order valence-corrected chi connectivity index (χ3v) is 2.99. The van der Waals surface area contributed by atoms with Crippen molar-refractivity contribution in [3.05, 3.63) is 18.6 Å². The summed E-state index contributed by atoms with van der Waals surface area (Å²) in [5.41, 5.74) is -0.456. The lowest BCUT2D eigenvalue weighted by atomic mass is 10.1. The van der Waals surface area contributed by atoms with E-state index in [0.29, 0.717) is 6.54 Å². The van der Waals surface area contributed by atoms with Gasteiger partial charge in [0.2, 0.25) is 0 Å². The molecular weight excluding hydrogens is 256 g/mol. The molecule has 1 saturated heterocycles. The van der Waals surface area contributed by atoms with Gasteiger partial charge in [-0.05, 0) is 33.6 Å². The van der Waals surface area contributed by atoms with E-state index in [1.165, 1.54) is 0 Å². The quantitative estimate of drug-likeness (QED) is 0.899. The van der Waals surface area contributed by atoms with Gasteiger partial charge in [0.1, 0.15) is 11.4 Å². The first-order valence-electron chi connectivity index (χ1n) is 6.94. The van der Waals surface area contributed by atoms with Gasteiger partial charge in [0.05, 0.1) is 6.20 Å². The SMILES string of the molecule is CC(C)(C)OC(=O)N1CCCC(Nc2cnccn2)C1. The van der Waals surface area contributed by atoms with Crippen LogP contribution in [0.1, 0.15) is 33.6 Å². The number of hydrogen-bond donors (Lipinski definition) is 1. The van der Waals surface area contributed by atoms with E-state index in [4.69, 9.17) is 4.74 Å². The van der Waals surface area contributed by atoms with Gasteiger partial charge in [0, 0.05) is 31.5 Å². The van der Waals surface area contributed by atoms with E-state index in [1.54, 1.807) is 23.5 Å². The highest BCUT2D eigenvalue weighted by molar-refractivity contribution is 5.68. The van der Waals surface area contributed by atoms with Gasteiger partial charge >= 0.3 is 6.09 Å². The fraction of sp³-hybridized carbons (Fsp3) is 0.643. The van der Waals surface area contributed by atoms with E-state index in [9.17, 15) is 4.79 Å². The zero-order valence-corrected chi connectivity index (χ0v) is 12.3. The Hall–Kier alpha value is -1.85. The Kier molecular flexibility index (Phi) is 4.42. The van der Waals surface area contributed by atoms with Crippen molar-refractivity contribution in [1.82, 2.24) is 14.9 Å². The van der Waals surface area contributed by atoms with Crippen molar-refractivity contribution in [3.63, 3.8) is 0 Å². The van der Waals surface area contributed by atoms with Crippen LogP contribution in [-0.4, -0.2) is 45.7 Å². The van der Waals surface area contributed by atoms with E-state index in [-0.39, 0.29) is 12.1 Å². The van der Waals surface area contributed by atoms with E-state index in [0.717, 1.165) is 25.2 Å². The van der Waals surface area contributed by atoms with Crippen molar-refractivity contribution in [2.75, 3.05) is 18.4 Å². The highest BCUT2D eigenvalue weighted by Crippen LogP contribution is 2.17. The first-order chi connectivity index (χ1) is 9.44. The summed E-state index contributed by atoms with van der Waals surface area (Å²) < 4.78 is 5.41. The number of nitrogens with zero attached hydrogens (tertiary/aromatic N) is 3. The number of ether oxygens (including phenoxy) is 1. The van der Waals surface area contributed by atoms with Crippen molar-refractivity contribution in [2.24, 2.45) is 0 Å². The average Bonchev–Trinajstić information content (AvgIpc) is 2.38. The maximum Gasteiger partial charge on any atom is 0.410 e. The highest BCUT2D eigenvalue weighted by Gasteiger charge is 2.27. The number of nitrogens with one attached hydrogen (secondary N) is 1. The topological polar surface area (TPSA) is 67.3 Å². The van der Waals surface area contributed by atoms with E-state index >= 15 is 0 Å². The largest absolute Gasteiger partial charge is 0.444 e. The molecule has 0 aromatic carbocycles. The van der Waals surface area contributed by atoms with Crippen LogP contribution in [0.5, 0.6) is 0 Å². The molecule has 2 rings (SSSR count). The normalized spacial score (nSPS) is 19.6. The third-order valence-electron chi connectivity index (χ3n) is 2.99. The standard InChI is InChI=1S/C14H22N4O2/c1-14(2,3)20-13(19)18-8-4-5-11(10-18)17-12-9-15-6-7-16-12/h6-7,9,11H,4-5,8,10H2,1-3H3,(H,16,17). The lowest BCUT2D eigenvalue weighted by Gasteiger charge is -2.34. The molecule has 1 atom stereocenters. The number of amides is 1. The molecule has 0 bridgehead atoms. The number of likely N-dealkylation sites (tertiary alicyclic amines) is 1. The molecule has 0 aliphatic carbocycles. The van der Waals surface area contributed by atoms with Crippen molar-refractivity contribution in [2.45, 2.75) is 45.3 Å². The lowest BCUT2D eigenvalue weighted by Crippen LogP contribution is -2.47. The summed E-state index contributed by atoms with van der Waals surface area (Å²) in [6, 6.07) is 0.188. The summed E-state index contributed by atoms with van der Waals surface area (Å²) in [5, 5.41) is 3.31. The minimum Gasteiger partial charge on any atom is -0.444 e. The lowest BCUT2D eigenvalue weighted by molar-refractivity contribution is 0.0206. The predicted octanol–water partition coefficient (Wildman–Crippen LogP) is 2.29. The van der Waals surface area contributed by atoms with Gasteiger partial charge in [-0.15, -0.1) is 0 Å². The molecule has 1 amide bonds. The van der Waals surface area contributed by atoms with Gasteiger partial charge in [-0.25, -0.2) is 9.78 Å². The first-order valence-corrected chi connectivity index (χ1v) is 6.94. The summed E-state index contributed by atoms with van der Waals surface area (Å²) in [6.07, 6.45) is 6.69. The molecule has 1 aliphatic rings. The van der Waals surface area contributed by atoms with Crippen LogP contribution in [0.2, 0.25) is 0 Å². The van der Waals surface area contributed by atoms with Gasteiger partial charge in [-0.3, -0.25) is 4.98 Å². The fourth-order valence-corrected chi connectivity index (χ4v) is 2.17. The number of aromatic nitrogens is 2. The number of carbonyl (C=O) groups is 1. The Labute approximate surface area is 119 Å². The minimum atomic E-state index is -0.456. The Bertz CT molecular complexity index is 444. The van der Waals surface area contributed by atoms with Crippen LogP contribution in [0.4, 0.5) is 10.6 Å². The Morgan fingerprint density at radius 1 is 1.45 bits per heavy atom. The fourth-order valence-electron chi connectivity index (χ4n) is 2.17. The molecule has 1 fully saturated rings. The molecule has 1 N–H and O–H groups in total. The smallest absolute Gasteiger partial charge is 0.410 e.